The third kappa shape index (κ3) is 4.15. The Labute approximate surface area is 147 Å². The fourth-order valence-electron chi connectivity index (χ4n) is 2.71. The molecule has 0 bridgehead atoms. The van der Waals surface area contributed by atoms with E-state index in [9.17, 15) is 0 Å². The molecule has 1 N–H and O–H groups in total. The first-order valence-electron chi connectivity index (χ1n) is 8.22. The lowest BCUT2D eigenvalue weighted by atomic mass is 10.0. The van der Waals surface area contributed by atoms with Crippen molar-refractivity contribution in [3.63, 3.8) is 0 Å². The number of hydrogen-bond acceptors (Lipinski definition) is 6. The van der Waals surface area contributed by atoms with Gasteiger partial charge in [-0.3, -0.25) is 4.98 Å². The van der Waals surface area contributed by atoms with Gasteiger partial charge in [-0.1, -0.05) is 13.0 Å². The molecule has 0 amide bonds. The van der Waals surface area contributed by atoms with Gasteiger partial charge in [-0.15, -0.1) is 0 Å². The summed E-state index contributed by atoms with van der Waals surface area (Å²) in [6.07, 6.45) is 4.25. The van der Waals surface area contributed by atoms with Gasteiger partial charge in [0.2, 0.25) is 0 Å². The standard InChI is InChI=1S/C19H22N4O2/c1-13(10-14-4-6-16(24-2)17(11-14)25-3)12-22-18-7-5-15-19(23-18)21-9-8-20-15/h4-9,11,13H,10,12H2,1-3H3,(H,21,22,23). The van der Waals surface area contributed by atoms with Crippen molar-refractivity contribution in [2.45, 2.75) is 13.3 Å². The van der Waals surface area contributed by atoms with E-state index in [0.717, 1.165) is 35.8 Å². The fraction of sp³-hybridized carbons (Fsp3) is 0.316. The van der Waals surface area contributed by atoms with Crippen LogP contribution in [0.1, 0.15) is 12.5 Å². The van der Waals surface area contributed by atoms with Crippen LogP contribution in [0.15, 0.2) is 42.7 Å². The first-order chi connectivity index (χ1) is 12.2. The van der Waals surface area contributed by atoms with E-state index >= 15 is 0 Å². The molecule has 6 heteroatoms. The van der Waals surface area contributed by atoms with Gasteiger partial charge in [-0.2, -0.15) is 0 Å². The first-order valence-corrected chi connectivity index (χ1v) is 8.22. The van der Waals surface area contributed by atoms with Gasteiger partial charge in [0, 0.05) is 18.9 Å². The number of hydrogen-bond donors (Lipinski definition) is 1. The molecule has 0 aliphatic carbocycles. The number of nitrogens with zero attached hydrogens (tertiary/aromatic N) is 3. The molecule has 1 unspecified atom stereocenters. The maximum atomic E-state index is 5.37. The van der Waals surface area contributed by atoms with E-state index in [0.29, 0.717) is 11.6 Å². The van der Waals surface area contributed by atoms with Crippen molar-refractivity contribution in [1.82, 2.24) is 15.0 Å². The van der Waals surface area contributed by atoms with Gasteiger partial charge in [0.25, 0.3) is 0 Å². The van der Waals surface area contributed by atoms with E-state index in [4.69, 9.17) is 9.47 Å². The van der Waals surface area contributed by atoms with Crippen molar-refractivity contribution in [3.05, 3.63) is 48.3 Å². The molecule has 0 fully saturated rings. The molecule has 0 saturated heterocycles. The molecule has 130 valence electrons. The third-order valence-corrected chi connectivity index (χ3v) is 4.00. The predicted molar refractivity (Wildman–Crippen MR) is 98.2 cm³/mol. The highest BCUT2D eigenvalue weighted by Gasteiger charge is 2.09. The molecule has 0 radical (unpaired) electrons. The second-order valence-corrected chi connectivity index (χ2v) is 5.98. The molecule has 1 aromatic carbocycles. The molecular weight excluding hydrogens is 316 g/mol. The van der Waals surface area contributed by atoms with Crippen molar-refractivity contribution < 1.29 is 9.47 Å². The van der Waals surface area contributed by atoms with Crippen LogP contribution in [0.2, 0.25) is 0 Å². The van der Waals surface area contributed by atoms with Crippen LogP contribution in [-0.2, 0) is 6.42 Å². The van der Waals surface area contributed by atoms with Gasteiger partial charge in [-0.05, 0) is 42.2 Å². The zero-order valence-electron chi connectivity index (χ0n) is 14.7. The summed E-state index contributed by atoms with van der Waals surface area (Å²) in [6.45, 7) is 3.01. The number of aromatic nitrogens is 3. The number of ether oxygens (including phenoxy) is 2. The van der Waals surface area contributed by atoms with E-state index in [1.807, 2.05) is 24.3 Å². The molecule has 0 aliphatic rings. The summed E-state index contributed by atoms with van der Waals surface area (Å²) in [5, 5.41) is 3.37. The van der Waals surface area contributed by atoms with Crippen molar-refractivity contribution >= 4 is 17.0 Å². The molecular formula is C19H22N4O2. The summed E-state index contributed by atoms with van der Waals surface area (Å²) in [7, 11) is 3.30. The van der Waals surface area contributed by atoms with Crippen LogP contribution in [0.25, 0.3) is 11.2 Å². The van der Waals surface area contributed by atoms with Crippen LogP contribution in [0.4, 0.5) is 5.82 Å². The highest BCUT2D eigenvalue weighted by molar-refractivity contribution is 5.71. The second-order valence-electron chi connectivity index (χ2n) is 5.98. The summed E-state index contributed by atoms with van der Waals surface area (Å²) < 4.78 is 10.6. The van der Waals surface area contributed by atoms with E-state index in [1.165, 1.54) is 5.56 Å². The van der Waals surface area contributed by atoms with Crippen LogP contribution in [-0.4, -0.2) is 35.7 Å². The molecule has 0 saturated carbocycles. The van der Waals surface area contributed by atoms with E-state index in [-0.39, 0.29) is 0 Å². The Bertz CT molecular complexity index is 854. The first kappa shape index (κ1) is 17.0. The lowest BCUT2D eigenvalue weighted by Gasteiger charge is -2.15. The SMILES string of the molecule is COc1ccc(CC(C)CNc2ccc3nccnc3n2)cc1OC. The topological polar surface area (TPSA) is 69.2 Å². The predicted octanol–water partition coefficient (Wildman–Crippen LogP) is 3.33. The summed E-state index contributed by atoms with van der Waals surface area (Å²) in [6, 6.07) is 9.90. The third-order valence-electron chi connectivity index (χ3n) is 4.00. The van der Waals surface area contributed by atoms with Crippen LogP contribution in [0.3, 0.4) is 0 Å². The fourth-order valence-corrected chi connectivity index (χ4v) is 2.71. The van der Waals surface area contributed by atoms with Crippen LogP contribution in [0, 0.1) is 5.92 Å². The Kier molecular flexibility index (Phi) is 5.28. The Morgan fingerprint density at radius 3 is 2.60 bits per heavy atom. The molecule has 2 aromatic heterocycles. The van der Waals surface area contributed by atoms with E-state index in [2.05, 4.69) is 33.3 Å². The van der Waals surface area contributed by atoms with Crippen molar-refractivity contribution in [3.8, 4) is 11.5 Å². The molecule has 0 spiro atoms. The highest BCUT2D eigenvalue weighted by atomic mass is 16.5. The number of pyridine rings is 1. The van der Waals surface area contributed by atoms with Gasteiger partial charge in [0.1, 0.15) is 11.3 Å². The molecule has 2 heterocycles. The number of rotatable bonds is 7. The Morgan fingerprint density at radius 2 is 1.80 bits per heavy atom. The van der Waals surface area contributed by atoms with Gasteiger partial charge < -0.3 is 14.8 Å². The highest BCUT2D eigenvalue weighted by Crippen LogP contribution is 2.28. The lowest BCUT2D eigenvalue weighted by Crippen LogP contribution is -2.14. The summed E-state index contributed by atoms with van der Waals surface area (Å²) in [5.41, 5.74) is 2.66. The molecule has 1 atom stereocenters. The van der Waals surface area contributed by atoms with Crippen LogP contribution < -0.4 is 14.8 Å². The Hall–Kier alpha value is -2.89. The second kappa shape index (κ2) is 7.79. The Morgan fingerprint density at radius 1 is 1.00 bits per heavy atom. The number of fused-ring (bicyclic) bond motifs is 1. The minimum atomic E-state index is 0.428. The normalized spacial score (nSPS) is 12.0. The van der Waals surface area contributed by atoms with Gasteiger partial charge in [0.15, 0.2) is 17.1 Å². The van der Waals surface area contributed by atoms with Crippen LogP contribution >= 0.6 is 0 Å². The van der Waals surface area contributed by atoms with E-state index < -0.39 is 0 Å². The number of benzene rings is 1. The minimum absolute atomic E-state index is 0.428. The molecule has 0 aliphatic heterocycles. The van der Waals surface area contributed by atoms with Crippen molar-refractivity contribution in [1.29, 1.82) is 0 Å². The Balaban J connectivity index is 1.61. The minimum Gasteiger partial charge on any atom is -0.493 e. The maximum Gasteiger partial charge on any atom is 0.180 e. The zero-order valence-corrected chi connectivity index (χ0v) is 14.7. The van der Waals surface area contributed by atoms with Gasteiger partial charge in [0.05, 0.1) is 14.2 Å². The maximum absolute atomic E-state index is 5.37. The average molecular weight is 338 g/mol. The largest absolute Gasteiger partial charge is 0.493 e. The summed E-state index contributed by atoms with van der Waals surface area (Å²) in [5.74, 6) is 2.75. The number of anilines is 1. The molecule has 3 rings (SSSR count). The molecule has 6 nitrogen and oxygen atoms in total. The monoisotopic (exact) mass is 338 g/mol. The molecule has 25 heavy (non-hydrogen) atoms. The lowest BCUT2D eigenvalue weighted by molar-refractivity contribution is 0.354. The zero-order chi connectivity index (χ0) is 17.6. The smallest absolute Gasteiger partial charge is 0.180 e. The summed E-state index contributed by atoms with van der Waals surface area (Å²) >= 11 is 0. The summed E-state index contributed by atoms with van der Waals surface area (Å²) in [4.78, 5) is 12.9. The van der Waals surface area contributed by atoms with Crippen molar-refractivity contribution in [2.75, 3.05) is 26.1 Å². The van der Waals surface area contributed by atoms with Gasteiger partial charge >= 0.3 is 0 Å². The van der Waals surface area contributed by atoms with Gasteiger partial charge in [-0.25, -0.2) is 9.97 Å². The van der Waals surface area contributed by atoms with Crippen LogP contribution in [0.5, 0.6) is 11.5 Å². The van der Waals surface area contributed by atoms with Crippen molar-refractivity contribution in [2.24, 2.45) is 5.92 Å². The quantitative estimate of drug-likeness (QED) is 0.712. The average Bonchev–Trinajstić information content (AvgIpc) is 2.66. The number of nitrogens with one attached hydrogen (secondary N) is 1. The molecule has 3 aromatic rings. The van der Waals surface area contributed by atoms with E-state index in [1.54, 1.807) is 26.6 Å². The number of methoxy groups -OCH3 is 2.